The summed E-state index contributed by atoms with van der Waals surface area (Å²) in [7, 11) is 0. The van der Waals surface area contributed by atoms with Crippen molar-refractivity contribution in [2.75, 3.05) is 6.61 Å². The number of aliphatic carboxylic acids is 2. The first-order valence-corrected chi connectivity index (χ1v) is 5.45. The van der Waals surface area contributed by atoms with Crippen molar-refractivity contribution in [2.45, 2.75) is 25.7 Å². The minimum Gasteiger partial charge on any atom is -0.477 e. The summed E-state index contributed by atoms with van der Waals surface area (Å²) in [6.07, 6.45) is 4.62. The number of carboxylic acids is 2. The number of allylic oxidation sites excluding steroid dienone is 1. The summed E-state index contributed by atoms with van der Waals surface area (Å²) in [5.41, 5.74) is -0.618. The fourth-order valence-corrected chi connectivity index (χ4v) is 1.17. The fraction of sp³-hybridized carbons (Fsp3) is 0.417. The van der Waals surface area contributed by atoms with Crippen molar-refractivity contribution in [1.82, 2.24) is 0 Å². The van der Waals surface area contributed by atoms with E-state index in [0.717, 1.165) is 6.08 Å². The Morgan fingerprint density at radius 2 is 1.67 bits per heavy atom. The molecular weight excluding hydrogens is 240 g/mol. The molecule has 0 saturated carbocycles. The lowest BCUT2D eigenvalue weighted by molar-refractivity contribution is -0.140. The van der Waals surface area contributed by atoms with Gasteiger partial charge in [0.2, 0.25) is 0 Å². The molecule has 0 aromatic rings. The second kappa shape index (κ2) is 8.98. The van der Waals surface area contributed by atoms with E-state index in [-0.39, 0.29) is 6.61 Å². The minimum absolute atomic E-state index is 0.277. The first-order valence-electron chi connectivity index (χ1n) is 5.45. The van der Waals surface area contributed by atoms with Crippen LogP contribution in [0.25, 0.3) is 0 Å². The predicted octanol–water partition coefficient (Wildman–Crippen LogP) is 1.37. The molecule has 0 fully saturated rings. The molecule has 0 aromatic heterocycles. The molecule has 0 saturated heterocycles. The topological polar surface area (TPSA) is 101 Å². The number of carbonyl (C=O) groups is 3. The molecule has 0 spiro atoms. The van der Waals surface area contributed by atoms with Gasteiger partial charge in [0.1, 0.15) is 5.57 Å². The van der Waals surface area contributed by atoms with Gasteiger partial charge >= 0.3 is 17.9 Å². The van der Waals surface area contributed by atoms with Crippen LogP contribution < -0.4 is 0 Å². The highest BCUT2D eigenvalue weighted by Crippen LogP contribution is 2.05. The Hall–Kier alpha value is -2.11. The third-order valence-corrected chi connectivity index (χ3v) is 2.07. The first kappa shape index (κ1) is 15.9. The average molecular weight is 256 g/mol. The van der Waals surface area contributed by atoms with Crippen LogP contribution >= 0.6 is 0 Å². The number of hydrogen-bond acceptors (Lipinski definition) is 4. The van der Waals surface area contributed by atoms with Crippen molar-refractivity contribution < 1.29 is 29.3 Å². The standard InChI is InChI=1S/C12H16O6/c1-2-10(13)18-8-6-4-3-5-7-9(11(14)15)12(16)17/h2,7H,1,3-6,8H2,(H,14,15)(H,16,17). The number of carboxylic acid groups (broad SMARTS) is 2. The van der Waals surface area contributed by atoms with Crippen molar-refractivity contribution in [3.8, 4) is 0 Å². The molecule has 0 amide bonds. The van der Waals surface area contributed by atoms with Crippen LogP contribution in [-0.2, 0) is 19.1 Å². The van der Waals surface area contributed by atoms with Crippen LogP contribution in [0.3, 0.4) is 0 Å². The zero-order valence-corrected chi connectivity index (χ0v) is 9.92. The summed E-state index contributed by atoms with van der Waals surface area (Å²) >= 11 is 0. The van der Waals surface area contributed by atoms with Gasteiger partial charge in [0.25, 0.3) is 0 Å². The molecule has 0 bridgehead atoms. The highest BCUT2D eigenvalue weighted by molar-refractivity contribution is 6.12. The van der Waals surface area contributed by atoms with Crippen LogP contribution in [0.15, 0.2) is 24.3 Å². The largest absolute Gasteiger partial charge is 0.477 e. The Bertz CT molecular complexity index is 340. The molecule has 0 aliphatic heterocycles. The maximum Gasteiger partial charge on any atom is 0.342 e. The Morgan fingerprint density at radius 1 is 1.06 bits per heavy atom. The zero-order chi connectivity index (χ0) is 14.0. The van der Waals surface area contributed by atoms with Crippen molar-refractivity contribution >= 4 is 17.9 Å². The molecule has 0 atom stereocenters. The number of rotatable bonds is 9. The van der Waals surface area contributed by atoms with Gasteiger partial charge in [-0.25, -0.2) is 14.4 Å². The molecule has 2 N–H and O–H groups in total. The Morgan fingerprint density at radius 3 is 2.17 bits per heavy atom. The molecule has 0 aromatic carbocycles. The van der Waals surface area contributed by atoms with Crippen molar-refractivity contribution in [2.24, 2.45) is 0 Å². The fourth-order valence-electron chi connectivity index (χ4n) is 1.17. The molecule has 6 nitrogen and oxygen atoms in total. The number of ether oxygens (including phenoxy) is 1. The molecule has 0 heterocycles. The van der Waals surface area contributed by atoms with Gasteiger partial charge in [-0.1, -0.05) is 12.7 Å². The predicted molar refractivity (Wildman–Crippen MR) is 63.0 cm³/mol. The number of unbranched alkanes of at least 4 members (excludes halogenated alkanes) is 3. The Kier molecular flexibility index (Phi) is 7.92. The monoisotopic (exact) mass is 256 g/mol. The minimum atomic E-state index is -1.44. The molecule has 0 aliphatic carbocycles. The average Bonchev–Trinajstić information content (AvgIpc) is 2.31. The summed E-state index contributed by atoms with van der Waals surface area (Å²) in [5.74, 6) is -3.36. The van der Waals surface area contributed by atoms with Gasteiger partial charge in [0.05, 0.1) is 6.61 Å². The third-order valence-electron chi connectivity index (χ3n) is 2.07. The van der Waals surface area contributed by atoms with Gasteiger partial charge in [0, 0.05) is 6.08 Å². The molecule has 0 rings (SSSR count). The lowest BCUT2D eigenvalue weighted by Crippen LogP contribution is -2.11. The van der Waals surface area contributed by atoms with Crippen molar-refractivity contribution in [1.29, 1.82) is 0 Å². The summed E-state index contributed by atoms with van der Waals surface area (Å²) in [5, 5.41) is 17.1. The van der Waals surface area contributed by atoms with E-state index in [1.807, 2.05) is 0 Å². The normalized spacial score (nSPS) is 9.33. The van der Waals surface area contributed by atoms with E-state index in [0.29, 0.717) is 25.7 Å². The Labute approximate surface area is 105 Å². The van der Waals surface area contributed by atoms with Gasteiger partial charge in [-0.2, -0.15) is 0 Å². The summed E-state index contributed by atoms with van der Waals surface area (Å²) in [6.45, 7) is 3.52. The van der Waals surface area contributed by atoms with E-state index >= 15 is 0 Å². The zero-order valence-electron chi connectivity index (χ0n) is 9.92. The summed E-state index contributed by atoms with van der Waals surface area (Å²) < 4.78 is 4.73. The van der Waals surface area contributed by atoms with E-state index in [1.54, 1.807) is 0 Å². The highest BCUT2D eigenvalue weighted by atomic mass is 16.5. The van der Waals surface area contributed by atoms with Crippen LogP contribution in [0, 0.1) is 0 Å². The number of carbonyl (C=O) groups excluding carboxylic acids is 1. The SMILES string of the molecule is C=CC(=O)OCCCCCC=C(C(=O)O)C(=O)O. The lowest BCUT2D eigenvalue weighted by Gasteiger charge is -2.01. The van der Waals surface area contributed by atoms with Crippen LogP contribution in [0.1, 0.15) is 25.7 Å². The third kappa shape index (κ3) is 7.21. The summed E-state index contributed by atoms with van der Waals surface area (Å²) in [4.78, 5) is 31.7. The van der Waals surface area contributed by atoms with E-state index in [4.69, 9.17) is 14.9 Å². The van der Waals surface area contributed by atoms with Gasteiger partial charge in [-0.05, 0) is 25.7 Å². The van der Waals surface area contributed by atoms with Crippen LogP contribution in [0.5, 0.6) is 0 Å². The second-order valence-electron chi connectivity index (χ2n) is 3.45. The summed E-state index contributed by atoms with van der Waals surface area (Å²) in [6, 6.07) is 0. The number of hydrogen-bond donors (Lipinski definition) is 2. The number of esters is 1. The van der Waals surface area contributed by atoms with E-state index in [1.165, 1.54) is 6.08 Å². The van der Waals surface area contributed by atoms with Crippen LogP contribution in [0.4, 0.5) is 0 Å². The maximum absolute atomic E-state index is 10.7. The molecular formula is C12H16O6. The van der Waals surface area contributed by atoms with Gasteiger partial charge in [-0.15, -0.1) is 0 Å². The molecule has 0 radical (unpaired) electrons. The highest BCUT2D eigenvalue weighted by Gasteiger charge is 2.14. The van der Waals surface area contributed by atoms with E-state index in [9.17, 15) is 14.4 Å². The quantitative estimate of drug-likeness (QED) is 0.212. The molecule has 100 valence electrons. The van der Waals surface area contributed by atoms with E-state index < -0.39 is 23.5 Å². The van der Waals surface area contributed by atoms with Gasteiger partial charge in [0.15, 0.2) is 0 Å². The molecule has 0 aliphatic rings. The van der Waals surface area contributed by atoms with Crippen molar-refractivity contribution in [3.05, 3.63) is 24.3 Å². The van der Waals surface area contributed by atoms with Crippen LogP contribution in [0.2, 0.25) is 0 Å². The molecule has 0 unspecified atom stereocenters. The smallest absolute Gasteiger partial charge is 0.342 e. The van der Waals surface area contributed by atoms with E-state index in [2.05, 4.69) is 6.58 Å². The van der Waals surface area contributed by atoms with Crippen LogP contribution in [-0.4, -0.2) is 34.7 Å². The second-order valence-corrected chi connectivity index (χ2v) is 3.45. The molecule has 18 heavy (non-hydrogen) atoms. The Balaban J connectivity index is 3.75. The maximum atomic E-state index is 10.7. The lowest BCUT2D eigenvalue weighted by atomic mass is 10.1. The molecule has 6 heteroatoms. The van der Waals surface area contributed by atoms with Gasteiger partial charge in [-0.3, -0.25) is 0 Å². The first-order chi connectivity index (χ1) is 8.49. The van der Waals surface area contributed by atoms with Gasteiger partial charge < -0.3 is 14.9 Å². The van der Waals surface area contributed by atoms with Crippen molar-refractivity contribution in [3.63, 3.8) is 0 Å².